The minimum Gasteiger partial charge on any atom is -0.483 e. The lowest BCUT2D eigenvalue weighted by Crippen LogP contribution is -2.18. The molecule has 1 unspecified atom stereocenters. The van der Waals surface area contributed by atoms with Crippen molar-refractivity contribution in [1.29, 1.82) is 0 Å². The van der Waals surface area contributed by atoms with Gasteiger partial charge in [0.1, 0.15) is 6.10 Å². The largest absolute Gasteiger partial charge is 0.483 e. The molecule has 0 heterocycles. The lowest BCUT2D eigenvalue weighted by Gasteiger charge is -2.13. The molecule has 0 radical (unpaired) electrons. The standard InChI is InChI=1S/C12H15NO5/c1-8-4-5-10(13(15)16)11(6-8)18-9(2)7-12(14)17-3/h4-6,9H,7H2,1-3H3. The van der Waals surface area contributed by atoms with E-state index in [0.717, 1.165) is 5.56 Å². The Morgan fingerprint density at radius 2 is 2.17 bits per heavy atom. The van der Waals surface area contributed by atoms with Crippen LogP contribution in [0.2, 0.25) is 0 Å². The Bertz CT molecular complexity index is 458. The first-order valence-electron chi connectivity index (χ1n) is 5.42. The van der Waals surface area contributed by atoms with E-state index in [1.807, 2.05) is 6.92 Å². The van der Waals surface area contributed by atoms with Crippen molar-refractivity contribution in [3.05, 3.63) is 33.9 Å². The number of hydrogen-bond donors (Lipinski definition) is 0. The van der Waals surface area contributed by atoms with Gasteiger partial charge in [-0.1, -0.05) is 6.07 Å². The summed E-state index contributed by atoms with van der Waals surface area (Å²) in [6, 6.07) is 4.59. The number of methoxy groups -OCH3 is 1. The van der Waals surface area contributed by atoms with Crippen molar-refractivity contribution in [2.75, 3.05) is 7.11 Å². The number of hydrogen-bond acceptors (Lipinski definition) is 5. The molecule has 6 nitrogen and oxygen atoms in total. The molecule has 0 saturated carbocycles. The van der Waals surface area contributed by atoms with Crippen LogP contribution < -0.4 is 4.74 Å². The third kappa shape index (κ3) is 3.73. The average Bonchev–Trinajstić information content (AvgIpc) is 2.28. The van der Waals surface area contributed by atoms with Crippen molar-refractivity contribution >= 4 is 11.7 Å². The van der Waals surface area contributed by atoms with Gasteiger partial charge in [0.2, 0.25) is 0 Å². The van der Waals surface area contributed by atoms with E-state index in [1.54, 1.807) is 19.1 Å². The van der Waals surface area contributed by atoms with E-state index in [1.165, 1.54) is 13.2 Å². The molecule has 1 atom stereocenters. The summed E-state index contributed by atoms with van der Waals surface area (Å²) in [6.45, 7) is 3.46. The van der Waals surface area contributed by atoms with Crippen LogP contribution in [0.1, 0.15) is 18.9 Å². The predicted octanol–water partition coefficient (Wildman–Crippen LogP) is 2.23. The smallest absolute Gasteiger partial charge is 0.310 e. The Labute approximate surface area is 105 Å². The van der Waals surface area contributed by atoms with Crippen LogP contribution in [0, 0.1) is 17.0 Å². The van der Waals surface area contributed by atoms with Crippen molar-refractivity contribution in [2.24, 2.45) is 0 Å². The Hall–Kier alpha value is -2.11. The molecule has 6 heteroatoms. The predicted molar refractivity (Wildman–Crippen MR) is 64.6 cm³/mol. The topological polar surface area (TPSA) is 78.7 Å². The summed E-state index contributed by atoms with van der Waals surface area (Å²) < 4.78 is 9.92. The highest BCUT2D eigenvalue weighted by atomic mass is 16.6. The maximum atomic E-state index is 11.1. The lowest BCUT2D eigenvalue weighted by atomic mass is 10.2. The van der Waals surface area contributed by atoms with Gasteiger partial charge in [0, 0.05) is 6.07 Å². The van der Waals surface area contributed by atoms with Crippen LogP contribution in [0.4, 0.5) is 5.69 Å². The molecule has 0 aliphatic rings. The SMILES string of the molecule is COC(=O)CC(C)Oc1cc(C)ccc1[N+](=O)[O-]. The first-order valence-corrected chi connectivity index (χ1v) is 5.42. The van der Waals surface area contributed by atoms with Gasteiger partial charge in [0.05, 0.1) is 18.5 Å². The number of esters is 1. The highest BCUT2D eigenvalue weighted by Gasteiger charge is 2.18. The number of benzene rings is 1. The number of ether oxygens (including phenoxy) is 2. The first-order chi connectivity index (χ1) is 8.43. The Morgan fingerprint density at radius 3 is 2.72 bits per heavy atom. The molecule has 0 aliphatic heterocycles. The van der Waals surface area contributed by atoms with Gasteiger partial charge in [-0.3, -0.25) is 14.9 Å². The minimum absolute atomic E-state index is 0.0433. The molecule has 1 rings (SSSR count). The van der Waals surface area contributed by atoms with E-state index in [9.17, 15) is 14.9 Å². The number of carbonyl (C=O) groups is 1. The number of carbonyl (C=O) groups excluding carboxylic acids is 1. The zero-order valence-corrected chi connectivity index (χ0v) is 10.5. The van der Waals surface area contributed by atoms with E-state index in [-0.39, 0.29) is 17.9 Å². The maximum Gasteiger partial charge on any atom is 0.310 e. The highest BCUT2D eigenvalue weighted by Crippen LogP contribution is 2.29. The van der Waals surface area contributed by atoms with Gasteiger partial charge in [0.15, 0.2) is 5.75 Å². The van der Waals surface area contributed by atoms with Crippen molar-refractivity contribution in [3.63, 3.8) is 0 Å². The second-order valence-electron chi connectivity index (χ2n) is 3.94. The van der Waals surface area contributed by atoms with Gasteiger partial charge in [-0.25, -0.2) is 0 Å². The van der Waals surface area contributed by atoms with Crippen LogP contribution in [0.25, 0.3) is 0 Å². The number of nitro benzene ring substituents is 1. The fraction of sp³-hybridized carbons (Fsp3) is 0.417. The molecule has 1 aromatic rings. The molecule has 0 fully saturated rings. The molecule has 1 aromatic carbocycles. The van der Waals surface area contributed by atoms with E-state index >= 15 is 0 Å². The fourth-order valence-corrected chi connectivity index (χ4v) is 1.44. The lowest BCUT2D eigenvalue weighted by molar-refractivity contribution is -0.386. The highest BCUT2D eigenvalue weighted by molar-refractivity contribution is 5.69. The first kappa shape index (κ1) is 14.0. The Balaban J connectivity index is 2.85. The van der Waals surface area contributed by atoms with Crippen LogP contribution in [-0.4, -0.2) is 24.1 Å². The quantitative estimate of drug-likeness (QED) is 0.456. The summed E-state index contributed by atoms with van der Waals surface area (Å²) in [5.74, 6) is -0.255. The molecular weight excluding hydrogens is 238 g/mol. The summed E-state index contributed by atoms with van der Waals surface area (Å²) in [7, 11) is 1.28. The van der Waals surface area contributed by atoms with Crippen LogP contribution in [0.3, 0.4) is 0 Å². The zero-order chi connectivity index (χ0) is 13.7. The molecule has 0 aromatic heterocycles. The van der Waals surface area contributed by atoms with E-state index in [0.29, 0.717) is 0 Å². The van der Waals surface area contributed by atoms with Crippen molar-refractivity contribution in [1.82, 2.24) is 0 Å². The number of rotatable bonds is 5. The summed E-state index contributed by atoms with van der Waals surface area (Å²) in [5, 5.41) is 10.8. The molecule has 0 aliphatic carbocycles. The van der Waals surface area contributed by atoms with E-state index in [2.05, 4.69) is 4.74 Å². The normalized spacial score (nSPS) is 11.7. The Morgan fingerprint density at radius 1 is 1.50 bits per heavy atom. The van der Waals surface area contributed by atoms with E-state index < -0.39 is 17.0 Å². The third-order valence-electron chi connectivity index (χ3n) is 2.32. The van der Waals surface area contributed by atoms with Gasteiger partial charge in [0.25, 0.3) is 0 Å². The summed E-state index contributed by atoms with van der Waals surface area (Å²) >= 11 is 0. The van der Waals surface area contributed by atoms with Gasteiger partial charge in [-0.05, 0) is 25.5 Å². The second kappa shape index (κ2) is 6.00. The van der Waals surface area contributed by atoms with Crippen molar-refractivity contribution in [2.45, 2.75) is 26.4 Å². The summed E-state index contributed by atoms with van der Waals surface area (Å²) in [6.07, 6.45) is -0.445. The number of aryl methyl sites for hydroxylation is 1. The fourth-order valence-electron chi connectivity index (χ4n) is 1.44. The summed E-state index contributed by atoms with van der Waals surface area (Å²) in [4.78, 5) is 21.4. The van der Waals surface area contributed by atoms with Crippen LogP contribution in [0.15, 0.2) is 18.2 Å². The average molecular weight is 253 g/mol. The molecule has 0 spiro atoms. The van der Waals surface area contributed by atoms with Gasteiger partial charge in [-0.15, -0.1) is 0 Å². The van der Waals surface area contributed by atoms with Crippen molar-refractivity contribution < 1.29 is 19.2 Å². The zero-order valence-electron chi connectivity index (χ0n) is 10.5. The van der Waals surface area contributed by atoms with Crippen LogP contribution >= 0.6 is 0 Å². The monoisotopic (exact) mass is 253 g/mol. The van der Waals surface area contributed by atoms with Gasteiger partial charge < -0.3 is 9.47 Å². The van der Waals surface area contributed by atoms with Crippen LogP contribution in [-0.2, 0) is 9.53 Å². The maximum absolute atomic E-state index is 11.1. The van der Waals surface area contributed by atoms with E-state index in [4.69, 9.17) is 4.74 Å². The minimum atomic E-state index is -0.514. The molecule has 0 amide bonds. The van der Waals surface area contributed by atoms with Gasteiger partial charge in [-0.2, -0.15) is 0 Å². The number of nitro groups is 1. The molecular formula is C12H15NO5. The second-order valence-corrected chi connectivity index (χ2v) is 3.94. The molecule has 0 saturated heterocycles. The molecule has 98 valence electrons. The van der Waals surface area contributed by atoms with Crippen LogP contribution in [0.5, 0.6) is 5.75 Å². The Kier molecular flexibility index (Phi) is 4.65. The van der Waals surface area contributed by atoms with Gasteiger partial charge >= 0.3 is 11.7 Å². The molecule has 0 N–H and O–H groups in total. The number of nitrogens with zero attached hydrogens (tertiary/aromatic N) is 1. The van der Waals surface area contributed by atoms with Crippen molar-refractivity contribution in [3.8, 4) is 5.75 Å². The third-order valence-corrected chi connectivity index (χ3v) is 2.32. The summed E-state index contributed by atoms with van der Waals surface area (Å²) in [5.41, 5.74) is 0.734. The molecule has 18 heavy (non-hydrogen) atoms. The molecule has 0 bridgehead atoms.